The van der Waals surface area contributed by atoms with Crippen molar-refractivity contribution in [1.82, 2.24) is 30.0 Å². The number of fused-ring (bicyclic) bond motifs is 1. The van der Waals surface area contributed by atoms with E-state index in [0.717, 1.165) is 113 Å². The maximum atomic E-state index is 12.4. The van der Waals surface area contributed by atoms with Crippen LogP contribution in [0.15, 0.2) is 108 Å². The summed E-state index contributed by atoms with van der Waals surface area (Å²) in [5, 5.41) is 39.1. The number of anilines is 2. The summed E-state index contributed by atoms with van der Waals surface area (Å²) in [4.78, 5) is 64.8. The number of halogens is 5. The number of nitrogen functional groups attached to an aromatic ring is 1. The van der Waals surface area contributed by atoms with Crippen molar-refractivity contribution < 1.29 is 162 Å². The van der Waals surface area contributed by atoms with Crippen LogP contribution < -0.4 is 138 Å². The summed E-state index contributed by atoms with van der Waals surface area (Å²) in [6, 6.07) is 39.7. The minimum absolute atomic E-state index is 0. The normalized spacial score (nSPS) is 17.4. The summed E-state index contributed by atoms with van der Waals surface area (Å²) in [6.45, 7) is 47.2. The average molecular weight is 1790 g/mol. The van der Waals surface area contributed by atoms with E-state index in [1.54, 1.807) is 13.8 Å². The molecule has 4 fully saturated rings. The number of primary amides is 2. The summed E-state index contributed by atoms with van der Waals surface area (Å²) in [6.07, 6.45) is 6.83. The van der Waals surface area contributed by atoms with Crippen LogP contribution in [-0.2, 0) is 61.9 Å². The van der Waals surface area contributed by atoms with Crippen molar-refractivity contribution >= 4 is 79.0 Å². The Kier molecular flexibility index (Phi) is 58.8. The number of benzene rings is 3. The topological polar surface area (TPSA) is 407 Å². The second-order valence-corrected chi connectivity index (χ2v) is 35.4. The number of pyridine rings is 2. The molecular formula is C84H135Cl2F3N14Na2O11S3. The second-order valence-electron chi connectivity index (χ2n) is 31.9. The number of piperidine rings is 4. The molecule has 4 aliphatic rings. The zero-order chi connectivity index (χ0) is 87.1. The van der Waals surface area contributed by atoms with Gasteiger partial charge in [-0.25, -0.2) is 9.97 Å². The van der Waals surface area contributed by atoms with Gasteiger partial charge in [0.1, 0.15) is 38.4 Å². The monoisotopic (exact) mass is 1780 g/mol. The third-order valence-corrected chi connectivity index (χ3v) is 23.2. The van der Waals surface area contributed by atoms with Crippen LogP contribution in [0.2, 0.25) is 0 Å². The quantitative estimate of drug-likeness (QED) is 0.00654. The first kappa shape index (κ1) is 118. The Hall–Kier alpha value is -4.84. The number of aliphatic hydroxyl groups is 2. The zero-order valence-corrected chi connectivity index (χ0v) is 81.7. The molecule has 25 nitrogen and oxygen atoms in total. The summed E-state index contributed by atoms with van der Waals surface area (Å²) in [5.41, 5.74) is 28.1. The Morgan fingerprint density at radius 3 is 1.71 bits per heavy atom. The number of hydrogen-bond donors (Lipinski definition) is 9. The molecule has 16 N–H and O–H groups in total. The molecule has 0 saturated carbocycles. The Bertz CT molecular complexity index is 4040. The van der Waals surface area contributed by atoms with Gasteiger partial charge < -0.3 is 95.0 Å². The minimum Gasteiger partial charge on any atom is -1.00 e. The molecule has 4 saturated heterocycles. The number of aromatic nitrogens is 2. The molecule has 0 aliphatic carbocycles. The molecule has 10 rings (SSSR count). The fraction of sp³-hybridized carbons (Fsp3) is 0.583. The molecule has 6 aromatic rings. The van der Waals surface area contributed by atoms with E-state index in [9.17, 15) is 41.2 Å². The molecule has 7 heterocycles. The number of ketones is 1. The number of amides is 2. The van der Waals surface area contributed by atoms with E-state index in [2.05, 4.69) is 224 Å². The minimum atomic E-state index is -5.90. The Balaban J connectivity index is -0.000000673. The van der Waals surface area contributed by atoms with Crippen molar-refractivity contribution in [3.63, 3.8) is 0 Å². The molecule has 3 aromatic heterocycles. The van der Waals surface area contributed by atoms with E-state index < -0.39 is 33.3 Å². The standard InChI is InChI=1S/C21H28N2.C18H27N5OS.C14H19NO.C12H12F3N3O4S2.C8H19N.C7H16N2.C2H6O.CH2O3.CH4O.2ClH.2Na.H/c1-21(2)17-23(16-19-11-7-4-8-12-19)14-13-20(21)22-15-18-9-5-3-6-10-18;1-4-5-10-8-12(23-7-6-11(19)18(2,3)9-23)22-17-13(10)14(20)15(25-17)16(21)24;1-14(2)11-15(9-8-13(14)16)10-12-6-4-3-5-7-12;1-2-3-7-4-10(22-24(20,21)12(13,14)15)18-11(8(7)5-16)23-6-9(17)19;1-6-9(7(2)3)8(4)5;1-7(2)5-9-4-3-6(7)8;1-2-3;2-1-4-3;1-2;;;;;/h3-12,20,22H,13-17H2,1-2H3;8,11H,4-7,9,19-20H2,1-3H3,(H2,21,24);3-7H,8-11H2,1-2H3;4H,2-3,6H2,1H3,(H2,17,19);7-8H,6H2,1-5H3;6,9H,3-5,8H2,1-2H3;3H,2H2,1H3;1,3H;2H,1H3;2*1H;;;/q;;;;;;;;;;;2*+1;-1/p-1. The van der Waals surface area contributed by atoms with E-state index in [0.29, 0.717) is 75.9 Å². The number of carbonyl (C=O) groups is 4. The van der Waals surface area contributed by atoms with Crippen LogP contribution in [0.5, 0.6) is 5.88 Å². The molecule has 4 aliphatic heterocycles. The SMILES string of the molecule is CC1(C)CN(Cc2ccccc2)CCC1=O.CC1(C)CN(Cc2ccccc2)CCC1NCc1ccccc1.CC1(C)C[NH2+]CCC1[NH3+].CCCc1cc(N2CCC(N)C(C)(C)C2)nc2sc(C(N)=O)c(N)c12.CCCc1cc(OS(=O)(=O)C(F)(F)F)nc(SCC(N)=O)c1C#N.CCN(C(C)C)C(C)C.CCO.CO.O=CO[O-].[Cl-].[Cl-].[H-].[Na+].[Na+]. The first-order chi connectivity index (χ1) is 54.0. The van der Waals surface area contributed by atoms with Gasteiger partial charge in [0.05, 0.1) is 35.5 Å². The number of nitrogens with two attached hydrogens (primary N) is 5. The van der Waals surface area contributed by atoms with Crippen LogP contribution in [0.1, 0.15) is 194 Å². The molecule has 3 aromatic carbocycles. The molecular weight excluding hydrogens is 1650 g/mol. The van der Waals surface area contributed by atoms with Gasteiger partial charge in [0, 0.05) is 126 Å². The summed E-state index contributed by atoms with van der Waals surface area (Å²) in [5.74, 6) is -1.01. The third kappa shape index (κ3) is 41.2. The number of likely N-dealkylation sites (tertiary alicyclic amines) is 2. The van der Waals surface area contributed by atoms with Gasteiger partial charge in [-0.05, 0) is 125 Å². The average Bonchev–Trinajstić information content (AvgIpc) is 1.59. The number of nitrogens with one attached hydrogen (secondary N) is 1. The fourth-order valence-electron chi connectivity index (χ4n) is 13.8. The number of nitrogens with zero attached hydrogens (tertiary/aromatic N) is 7. The number of thiophene rings is 1. The van der Waals surface area contributed by atoms with Crippen molar-refractivity contribution in [2.75, 3.05) is 89.0 Å². The van der Waals surface area contributed by atoms with Crippen LogP contribution in [0.25, 0.3) is 10.2 Å². The van der Waals surface area contributed by atoms with Gasteiger partial charge in [0.25, 0.3) is 12.4 Å². The molecule has 119 heavy (non-hydrogen) atoms. The molecule has 3 atom stereocenters. The van der Waals surface area contributed by atoms with Crippen LogP contribution in [0, 0.1) is 33.0 Å². The number of aryl methyl sites for hydroxylation is 2. The first-order valence-electron chi connectivity index (χ1n) is 39.4. The van der Waals surface area contributed by atoms with Gasteiger partial charge in [0.2, 0.25) is 11.8 Å². The maximum absolute atomic E-state index is 12.4. The van der Waals surface area contributed by atoms with E-state index >= 15 is 0 Å². The molecule has 0 radical (unpaired) electrons. The van der Waals surface area contributed by atoms with Gasteiger partial charge in [-0.15, -0.1) is 11.3 Å². The van der Waals surface area contributed by atoms with Crippen LogP contribution in [-0.4, -0.2) is 181 Å². The number of hydrogen-bond acceptors (Lipinski definition) is 23. The number of nitriles is 1. The van der Waals surface area contributed by atoms with Crippen molar-refractivity contribution in [1.29, 1.82) is 5.26 Å². The van der Waals surface area contributed by atoms with Crippen molar-refractivity contribution in [2.24, 2.45) is 38.9 Å². The summed E-state index contributed by atoms with van der Waals surface area (Å²) >= 11 is 1.99. The van der Waals surface area contributed by atoms with Crippen molar-refractivity contribution in [2.45, 2.75) is 223 Å². The molecule has 3 unspecified atom stereocenters. The Morgan fingerprint density at radius 1 is 0.807 bits per heavy atom. The summed E-state index contributed by atoms with van der Waals surface area (Å²) < 4.78 is 63.4. The first-order valence-corrected chi connectivity index (χ1v) is 42.6. The third-order valence-electron chi connectivity index (χ3n) is 20.1. The Morgan fingerprint density at radius 2 is 1.31 bits per heavy atom. The van der Waals surface area contributed by atoms with Crippen LogP contribution >= 0.6 is 23.1 Å². The molecule has 662 valence electrons. The van der Waals surface area contributed by atoms with E-state index in [1.165, 1.54) is 60.5 Å². The van der Waals surface area contributed by atoms with Crippen LogP contribution in [0.4, 0.5) is 24.7 Å². The molecule has 0 spiro atoms. The number of Topliss-reactive ketones (excluding diaryl/α,β-unsaturated/α-hetero) is 1. The van der Waals surface area contributed by atoms with E-state index in [-0.39, 0.29) is 144 Å². The predicted octanol–water partition coefficient (Wildman–Crippen LogP) is -2.34. The Labute approximate surface area is 773 Å². The van der Waals surface area contributed by atoms with Gasteiger partial charge in [-0.1, -0.05) is 178 Å². The zero-order valence-electron chi connectivity index (χ0n) is 74.7. The van der Waals surface area contributed by atoms with Gasteiger partial charge in [-0.2, -0.15) is 26.9 Å². The number of aliphatic hydroxyl groups excluding tert-OH is 2. The van der Waals surface area contributed by atoms with Gasteiger partial charge in [0.15, 0.2) is 0 Å². The van der Waals surface area contributed by atoms with E-state index in [4.69, 9.17) is 48.2 Å². The molecule has 0 bridgehead atoms. The number of thioether (sulfide) groups is 1. The largest absolute Gasteiger partial charge is 1.00 e. The van der Waals surface area contributed by atoms with Crippen LogP contribution in [0.3, 0.4) is 0 Å². The smallest absolute Gasteiger partial charge is 1.00 e. The number of rotatable bonds is 22. The fourth-order valence-corrected chi connectivity index (χ4v) is 15.9. The number of alkyl halides is 3. The maximum Gasteiger partial charge on any atom is 1.00 e. The van der Waals surface area contributed by atoms with E-state index in [1.807, 2.05) is 26.0 Å². The molecule has 35 heteroatoms. The summed E-state index contributed by atoms with van der Waals surface area (Å²) in [7, 11) is -4.90. The molecule has 2 amide bonds. The number of carbonyl (C=O) groups excluding carboxylic acids is 4. The van der Waals surface area contributed by atoms with Gasteiger partial charge in [-0.3, -0.25) is 33.9 Å². The van der Waals surface area contributed by atoms with Gasteiger partial charge >= 0.3 is 74.7 Å². The second kappa shape index (κ2) is 59.1. The number of quaternary nitrogens is 2. The van der Waals surface area contributed by atoms with Crippen molar-refractivity contribution in [3.05, 3.63) is 141 Å². The van der Waals surface area contributed by atoms with Crippen molar-refractivity contribution in [3.8, 4) is 11.9 Å². The predicted molar refractivity (Wildman–Crippen MR) is 454 cm³/mol.